The van der Waals surface area contributed by atoms with Gasteiger partial charge in [0.1, 0.15) is 24.0 Å². The number of esters is 1. The lowest BCUT2D eigenvalue weighted by molar-refractivity contribution is -0.145. The minimum Gasteiger partial charge on any atom is -0.490 e. The van der Waals surface area contributed by atoms with Gasteiger partial charge in [0, 0.05) is 5.69 Å². The first kappa shape index (κ1) is 26.8. The fourth-order valence-corrected chi connectivity index (χ4v) is 3.23. The number of rotatable bonds is 12. The number of nitrogens with one attached hydrogen (secondary N) is 1. The number of hydrogen-bond acceptors (Lipinski definition) is 7. The third kappa shape index (κ3) is 8.44. The summed E-state index contributed by atoms with van der Waals surface area (Å²) in [5.74, 6) is 0.342. The van der Waals surface area contributed by atoms with Crippen molar-refractivity contribution in [2.75, 3.05) is 25.1 Å². The molecule has 3 rings (SSSR count). The Balaban J connectivity index is 1.65. The Morgan fingerprint density at radius 2 is 1.65 bits per heavy atom. The van der Waals surface area contributed by atoms with E-state index in [1.165, 1.54) is 6.08 Å². The van der Waals surface area contributed by atoms with Gasteiger partial charge in [-0.25, -0.2) is 4.79 Å². The molecule has 0 aliphatic heterocycles. The quantitative estimate of drug-likeness (QED) is 0.208. The van der Waals surface area contributed by atoms with Crippen molar-refractivity contribution >= 4 is 23.6 Å². The average Bonchev–Trinajstić information content (AvgIpc) is 2.91. The molecule has 0 aromatic heterocycles. The van der Waals surface area contributed by atoms with Crippen LogP contribution in [0.5, 0.6) is 17.2 Å². The molecule has 3 aromatic rings. The molecule has 0 bridgehead atoms. The summed E-state index contributed by atoms with van der Waals surface area (Å²) in [6.07, 6.45) is 1.45. The zero-order chi connectivity index (χ0) is 26.5. The van der Waals surface area contributed by atoms with E-state index in [1.807, 2.05) is 43.3 Å². The van der Waals surface area contributed by atoms with Gasteiger partial charge in [-0.3, -0.25) is 4.79 Å². The van der Waals surface area contributed by atoms with Gasteiger partial charge in [0.2, 0.25) is 0 Å². The van der Waals surface area contributed by atoms with Gasteiger partial charge in [-0.05, 0) is 67.4 Å². The third-order valence-electron chi connectivity index (χ3n) is 4.96. The van der Waals surface area contributed by atoms with E-state index in [9.17, 15) is 14.9 Å². The average molecular weight is 501 g/mol. The summed E-state index contributed by atoms with van der Waals surface area (Å²) in [5.41, 5.74) is 2.04. The number of nitriles is 1. The highest BCUT2D eigenvalue weighted by molar-refractivity contribution is 6.09. The zero-order valence-electron chi connectivity index (χ0n) is 20.7. The maximum atomic E-state index is 12.7. The molecule has 0 radical (unpaired) electrons. The van der Waals surface area contributed by atoms with Crippen molar-refractivity contribution in [3.63, 3.8) is 0 Å². The number of carbonyl (C=O) groups is 2. The summed E-state index contributed by atoms with van der Waals surface area (Å²) in [6.45, 7) is 4.32. The second-order valence-electron chi connectivity index (χ2n) is 7.66. The normalized spacial score (nSPS) is 10.7. The van der Waals surface area contributed by atoms with Gasteiger partial charge >= 0.3 is 5.97 Å². The van der Waals surface area contributed by atoms with E-state index < -0.39 is 11.9 Å². The minimum atomic E-state index is -0.555. The Labute approximate surface area is 216 Å². The Hall–Kier alpha value is -4.77. The number of ether oxygens (including phenoxy) is 4. The maximum absolute atomic E-state index is 12.7. The van der Waals surface area contributed by atoms with E-state index in [1.54, 1.807) is 49.4 Å². The number of benzene rings is 3. The SMILES string of the molecule is CCOC(=O)COc1ccc(/C=C(\C#N)C(=O)Nc2ccc(OCc3ccccc3)cc2)cc1OCC. The van der Waals surface area contributed by atoms with Crippen LogP contribution in [0.3, 0.4) is 0 Å². The number of nitrogens with zero attached hydrogens (tertiary/aromatic N) is 1. The van der Waals surface area contributed by atoms with E-state index in [-0.39, 0.29) is 18.8 Å². The zero-order valence-corrected chi connectivity index (χ0v) is 20.7. The summed E-state index contributed by atoms with van der Waals surface area (Å²) >= 11 is 0. The summed E-state index contributed by atoms with van der Waals surface area (Å²) in [4.78, 5) is 24.3. The predicted molar refractivity (Wildman–Crippen MR) is 139 cm³/mol. The minimum absolute atomic E-state index is 0.0907. The molecule has 0 atom stereocenters. The molecule has 0 spiro atoms. The second kappa shape index (κ2) is 14.0. The lowest BCUT2D eigenvalue weighted by Gasteiger charge is -2.12. The molecule has 0 heterocycles. The molecule has 0 saturated carbocycles. The summed E-state index contributed by atoms with van der Waals surface area (Å²) < 4.78 is 21.7. The van der Waals surface area contributed by atoms with Crippen LogP contribution in [0, 0.1) is 11.3 Å². The van der Waals surface area contributed by atoms with Crippen LogP contribution in [0.25, 0.3) is 6.08 Å². The van der Waals surface area contributed by atoms with Gasteiger partial charge < -0.3 is 24.3 Å². The highest BCUT2D eigenvalue weighted by atomic mass is 16.6. The second-order valence-corrected chi connectivity index (χ2v) is 7.66. The maximum Gasteiger partial charge on any atom is 0.344 e. The molecule has 0 fully saturated rings. The van der Waals surface area contributed by atoms with Crippen molar-refractivity contribution < 1.29 is 28.5 Å². The standard InChI is InChI=1S/C29H28N2O6/c1-3-34-27-17-22(10-15-26(27)37-20-28(32)35-4-2)16-23(18-30)29(33)31-24-11-13-25(14-12-24)36-19-21-8-6-5-7-9-21/h5-17H,3-4,19-20H2,1-2H3,(H,31,33)/b23-16+. The highest BCUT2D eigenvalue weighted by Gasteiger charge is 2.13. The van der Waals surface area contributed by atoms with Gasteiger partial charge in [-0.2, -0.15) is 5.26 Å². The lowest BCUT2D eigenvalue weighted by atomic mass is 10.1. The Morgan fingerprint density at radius 3 is 2.32 bits per heavy atom. The largest absolute Gasteiger partial charge is 0.490 e. The fourth-order valence-electron chi connectivity index (χ4n) is 3.23. The highest BCUT2D eigenvalue weighted by Crippen LogP contribution is 2.29. The number of anilines is 1. The van der Waals surface area contributed by atoms with Gasteiger partial charge in [0.05, 0.1) is 13.2 Å². The van der Waals surface area contributed by atoms with Crippen molar-refractivity contribution in [1.29, 1.82) is 5.26 Å². The summed E-state index contributed by atoms with van der Waals surface area (Å²) in [7, 11) is 0. The molecule has 0 aliphatic rings. The van der Waals surface area contributed by atoms with E-state index in [0.29, 0.717) is 41.7 Å². The van der Waals surface area contributed by atoms with Crippen LogP contribution in [0.4, 0.5) is 5.69 Å². The molecule has 0 unspecified atom stereocenters. The molecule has 8 nitrogen and oxygen atoms in total. The predicted octanol–water partition coefficient (Wildman–Crippen LogP) is 5.15. The van der Waals surface area contributed by atoms with E-state index in [2.05, 4.69) is 5.32 Å². The summed E-state index contributed by atoms with van der Waals surface area (Å²) in [6, 6.07) is 23.5. The van der Waals surface area contributed by atoms with Crippen LogP contribution in [-0.2, 0) is 20.9 Å². The molecular formula is C29H28N2O6. The van der Waals surface area contributed by atoms with Crippen molar-refractivity contribution in [1.82, 2.24) is 0 Å². The van der Waals surface area contributed by atoms with Gasteiger partial charge in [-0.15, -0.1) is 0 Å². The first-order chi connectivity index (χ1) is 18.0. The molecule has 1 N–H and O–H groups in total. The third-order valence-corrected chi connectivity index (χ3v) is 4.96. The first-order valence-corrected chi connectivity index (χ1v) is 11.8. The van der Waals surface area contributed by atoms with Crippen LogP contribution in [-0.4, -0.2) is 31.7 Å². The molecule has 190 valence electrons. The van der Waals surface area contributed by atoms with Crippen molar-refractivity contribution in [2.45, 2.75) is 20.5 Å². The van der Waals surface area contributed by atoms with Crippen LogP contribution in [0.15, 0.2) is 78.4 Å². The fraction of sp³-hybridized carbons (Fsp3) is 0.207. The van der Waals surface area contributed by atoms with Crippen molar-refractivity contribution in [3.8, 4) is 23.3 Å². The molecule has 3 aromatic carbocycles. The summed E-state index contributed by atoms with van der Waals surface area (Å²) in [5, 5.41) is 12.3. The Kier molecular flexibility index (Phi) is 10.1. The number of amides is 1. The molecule has 1 amide bonds. The number of carbonyl (C=O) groups excluding carboxylic acids is 2. The molecule has 0 aliphatic carbocycles. The van der Waals surface area contributed by atoms with Crippen LogP contribution in [0.1, 0.15) is 25.0 Å². The lowest BCUT2D eigenvalue weighted by Crippen LogP contribution is -2.15. The number of hydrogen-bond donors (Lipinski definition) is 1. The molecule has 8 heteroatoms. The van der Waals surface area contributed by atoms with Crippen LogP contribution in [0.2, 0.25) is 0 Å². The van der Waals surface area contributed by atoms with Crippen molar-refractivity contribution in [3.05, 3.63) is 89.5 Å². The van der Waals surface area contributed by atoms with Gasteiger partial charge in [-0.1, -0.05) is 36.4 Å². The monoisotopic (exact) mass is 500 g/mol. The molecule has 0 saturated heterocycles. The Bertz CT molecular complexity index is 1260. The van der Waals surface area contributed by atoms with Gasteiger partial charge in [0.15, 0.2) is 18.1 Å². The smallest absolute Gasteiger partial charge is 0.344 e. The molecular weight excluding hydrogens is 472 g/mol. The van der Waals surface area contributed by atoms with E-state index in [4.69, 9.17) is 18.9 Å². The van der Waals surface area contributed by atoms with Crippen molar-refractivity contribution in [2.24, 2.45) is 0 Å². The first-order valence-electron chi connectivity index (χ1n) is 11.8. The van der Waals surface area contributed by atoms with Crippen LogP contribution < -0.4 is 19.5 Å². The van der Waals surface area contributed by atoms with E-state index in [0.717, 1.165) is 5.56 Å². The Morgan fingerprint density at radius 1 is 0.892 bits per heavy atom. The topological polar surface area (TPSA) is 107 Å². The van der Waals surface area contributed by atoms with Gasteiger partial charge in [0.25, 0.3) is 5.91 Å². The van der Waals surface area contributed by atoms with E-state index >= 15 is 0 Å². The molecule has 37 heavy (non-hydrogen) atoms. The van der Waals surface area contributed by atoms with Crippen LogP contribution >= 0.6 is 0 Å².